The first-order valence-corrected chi connectivity index (χ1v) is 12.1. The van der Waals surface area contributed by atoms with Crippen molar-refractivity contribution in [2.75, 3.05) is 28.7 Å². The number of hydrogen-bond acceptors (Lipinski definition) is 7. The number of anilines is 3. The zero-order valence-corrected chi connectivity index (χ0v) is 19.6. The Morgan fingerprint density at radius 2 is 1.94 bits per heavy atom. The summed E-state index contributed by atoms with van der Waals surface area (Å²) < 4.78 is 5.64. The van der Waals surface area contributed by atoms with E-state index < -0.39 is 18.0 Å². The van der Waals surface area contributed by atoms with E-state index in [2.05, 4.69) is 26.1 Å². The summed E-state index contributed by atoms with van der Waals surface area (Å²) in [6.07, 6.45) is 2.01. The number of nitrogens with one attached hydrogen (secondary N) is 3. The van der Waals surface area contributed by atoms with Gasteiger partial charge in [0, 0.05) is 13.0 Å². The molecule has 0 bridgehead atoms. The number of para-hydroxylation sites is 2. The number of aromatic nitrogens is 2. The van der Waals surface area contributed by atoms with Crippen LogP contribution >= 0.6 is 11.3 Å². The van der Waals surface area contributed by atoms with Crippen LogP contribution in [-0.2, 0) is 20.7 Å². The molecule has 2 atom stereocenters. The molecule has 5 rings (SSSR count). The zero-order valence-electron chi connectivity index (χ0n) is 18.8. The van der Waals surface area contributed by atoms with Crippen molar-refractivity contribution in [1.82, 2.24) is 15.5 Å². The molecule has 1 aromatic heterocycles. The number of carbonyl (C=O) groups is 3. The van der Waals surface area contributed by atoms with Gasteiger partial charge in [0.1, 0.15) is 23.7 Å². The summed E-state index contributed by atoms with van der Waals surface area (Å²) >= 11 is 1.26. The third-order valence-corrected chi connectivity index (χ3v) is 6.72. The smallest absolute Gasteiger partial charge is 0.323 e. The fourth-order valence-corrected chi connectivity index (χ4v) is 4.91. The van der Waals surface area contributed by atoms with Crippen molar-refractivity contribution in [2.45, 2.75) is 31.4 Å². The predicted molar refractivity (Wildman–Crippen MR) is 131 cm³/mol. The minimum absolute atomic E-state index is 0.0942. The first-order chi connectivity index (χ1) is 17.1. The van der Waals surface area contributed by atoms with Gasteiger partial charge in [-0.2, -0.15) is 0 Å². The molecule has 35 heavy (non-hydrogen) atoms. The number of rotatable bonds is 6. The van der Waals surface area contributed by atoms with Crippen LogP contribution in [-0.4, -0.2) is 47.2 Å². The summed E-state index contributed by atoms with van der Waals surface area (Å²) in [4.78, 5) is 40.0. The highest BCUT2D eigenvalue weighted by molar-refractivity contribution is 7.15. The number of benzene rings is 2. The Morgan fingerprint density at radius 3 is 2.74 bits per heavy atom. The SMILES string of the molecule is O=C1CN(C(=O)N[C@@H](Cc2ccccc2)C(=O)Nc2nnc(C3CCCO3)s2)c2ccccc2N1. The van der Waals surface area contributed by atoms with Gasteiger partial charge in [0.25, 0.3) is 0 Å². The fourth-order valence-electron chi connectivity index (χ4n) is 4.08. The normalized spacial score (nSPS) is 17.9. The van der Waals surface area contributed by atoms with Gasteiger partial charge in [0.2, 0.25) is 16.9 Å². The Morgan fingerprint density at radius 1 is 1.14 bits per heavy atom. The summed E-state index contributed by atoms with van der Waals surface area (Å²) in [7, 11) is 0. The van der Waals surface area contributed by atoms with Crippen LogP contribution in [0.15, 0.2) is 54.6 Å². The molecule has 180 valence electrons. The van der Waals surface area contributed by atoms with Crippen LogP contribution in [0.3, 0.4) is 0 Å². The Hall–Kier alpha value is -3.83. The second-order valence-corrected chi connectivity index (χ2v) is 9.29. The first kappa shape index (κ1) is 22.9. The average Bonchev–Trinajstić information content (AvgIpc) is 3.56. The molecule has 0 saturated carbocycles. The second kappa shape index (κ2) is 10.2. The number of fused-ring (bicyclic) bond motifs is 1. The predicted octanol–water partition coefficient (Wildman–Crippen LogP) is 3.11. The van der Waals surface area contributed by atoms with E-state index in [0.717, 1.165) is 23.4 Å². The lowest BCUT2D eigenvalue weighted by Crippen LogP contribution is -2.53. The van der Waals surface area contributed by atoms with E-state index in [1.807, 2.05) is 30.3 Å². The summed E-state index contributed by atoms with van der Waals surface area (Å²) in [5, 5.41) is 17.6. The number of hydrogen-bond donors (Lipinski definition) is 3. The van der Waals surface area contributed by atoms with Crippen molar-refractivity contribution in [3.63, 3.8) is 0 Å². The maximum absolute atomic E-state index is 13.3. The van der Waals surface area contributed by atoms with Gasteiger partial charge in [0.05, 0.1) is 11.4 Å². The van der Waals surface area contributed by atoms with Crippen LogP contribution in [0.2, 0.25) is 0 Å². The van der Waals surface area contributed by atoms with E-state index in [-0.39, 0.29) is 25.0 Å². The third-order valence-electron chi connectivity index (χ3n) is 5.79. The lowest BCUT2D eigenvalue weighted by atomic mass is 10.1. The first-order valence-electron chi connectivity index (χ1n) is 11.3. The summed E-state index contributed by atoms with van der Waals surface area (Å²) in [5.74, 6) is -0.731. The lowest BCUT2D eigenvalue weighted by molar-refractivity contribution is -0.118. The third kappa shape index (κ3) is 5.31. The van der Waals surface area contributed by atoms with Gasteiger partial charge in [-0.3, -0.25) is 19.8 Å². The maximum atomic E-state index is 13.3. The van der Waals surface area contributed by atoms with E-state index in [1.54, 1.807) is 24.3 Å². The summed E-state index contributed by atoms with van der Waals surface area (Å²) in [5.41, 5.74) is 1.98. The Labute approximate surface area is 205 Å². The highest BCUT2D eigenvalue weighted by atomic mass is 32.1. The Kier molecular flexibility index (Phi) is 6.68. The molecule has 2 aromatic carbocycles. The number of carbonyl (C=O) groups excluding carboxylic acids is 3. The van der Waals surface area contributed by atoms with Gasteiger partial charge >= 0.3 is 6.03 Å². The highest BCUT2D eigenvalue weighted by Gasteiger charge is 2.31. The van der Waals surface area contributed by atoms with Gasteiger partial charge < -0.3 is 15.4 Å². The van der Waals surface area contributed by atoms with E-state index >= 15 is 0 Å². The highest BCUT2D eigenvalue weighted by Crippen LogP contribution is 2.32. The monoisotopic (exact) mass is 492 g/mol. The Balaban J connectivity index is 1.34. The van der Waals surface area contributed by atoms with Crippen molar-refractivity contribution in [1.29, 1.82) is 0 Å². The van der Waals surface area contributed by atoms with E-state index in [4.69, 9.17) is 4.74 Å². The van der Waals surface area contributed by atoms with Crippen molar-refractivity contribution in [2.24, 2.45) is 0 Å². The molecule has 0 radical (unpaired) electrons. The number of ether oxygens (including phenoxy) is 1. The van der Waals surface area contributed by atoms with Gasteiger partial charge in [-0.25, -0.2) is 4.79 Å². The number of urea groups is 1. The molecule has 11 heteroatoms. The van der Waals surface area contributed by atoms with E-state index in [9.17, 15) is 14.4 Å². The molecule has 0 spiro atoms. The largest absolute Gasteiger partial charge is 0.371 e. The topological polar surface area (TPSA) is 126 Å². The molecule has 1 saturated heterocycles. The second-order valence-electron chi connectivity index (χ2n) is 8.28. The van der Waals surface area contributed by atoms with Crippen molar-refractivity contribution in [3.05, 3.63) is 65.2 Å². The standard InChI is InChI=1S/C24H24N6O4S/c31-20-14-30(18-10-5-4-9-16(18)25-20)24(33)26-17(13-15-7-2-1-3-8-15)21(32)27-23-29-28-22(35-23)19-11-6-12-34-19/h1-5,7-10,17,19H,6,11-14H2,(H,25,31)(H,26,33)(H,27,29,32)/t17-,19?/m0/s1. The van der Waals surface area contributed by atoms with Crippen LogP contribution < -0.4 is 20.9 Å². The average molecular weight is 493 g/mol. The van der Waals surface area contributed by atoms with Crippen LogP contribution in [0, 0.1) is 0 Å². The van der Waals surface area contributed by atoms with Crippen LogP contribution in [0.4, 0.5) is 21.3 Å². The quantitative estimate of drug-likeness (QED) is 0.486. The number of nitrogens with zero attached hydrogens (tertiary/aromatic N) is 3. The zero-order chi connectivity index (χ0) is 24.2. The molecule has 4 amide bonds. The molecule has 3 heterocycles. The fraction of sp³-hybridized carbons (Fsp3) is 0.292. The molecule has 10 nitrogen and oxygen atoms in total. The minimum atomic E-state index is -0.905. The molecule has 3 aromatic rings. The number of amides is 4. The van der Waals surface area contributed by atoms with Gasteiger partial charge in [-0.15, -0.1) is 10.2 Å². The molecule has 0 aliphatic carbocycles. The van der Waals surface area contributed by atoms with Crippen molar-refractivity contribution in [3.8, 4) is 0 Å². The molecule has 1 unspecified atom stereocenters. The molecule has 2 aliphatic rings. The van der Waals surface area contributed by atoms with E-state index in [1.165, 1.54) is 16.2 Å². The molecule has 2 aliphatic heterocycles. The van der Waals surface area contributed by atoms with Crippen molar-refractivity contribution < 1.29 is 19.1 Å². The van der Waals surface area contributed by atoms with Crippen LogP contribution in [0.25, 0.3) is 0 Å². The lowest BCUT2D eigenvalue weighted by Gasteiger charge is -2.30. The Bertz CT molecular complexity index is 1230. The summed E-state index contributed by atoms with van der Waals surface area (Å²) in [6, 6.07) is 15.0. The van der Waals surface area contributed by atoms with Gasteiger partial charge in [-0.05, 0) is 30.5 Å². The summed E-state index contributed by atoms with van der Waals surface area (Å²) in [6.45, 7) is 0.540. The van der Waals surface area contributed by atoms with E-state index in [0.29, 0.717) is 23.1 Å². The van der Waals surface area contributed by atoms with Gasteiger partial charge in [-0.1, -0.05) is 53.8 Å². The molecular formula is C24H24N6O4S. The van der Waals surface area contributed by atoms with Crippen LogP contribution in [0.5, 0.6) is 0 Å². The van der Waals surface area contributed by atoms with Gasteiger partial charge in [0.15, 0.2) is 0 Å². The van der Waals surface area contributed by atoms with Crippen LogP contribution in [0.1, 0.15) is 29.5 Å². The minimum Gasteiger partial charge on any atom is -0.371 e. The maximum Gasteiger partial charge on any atom is 0.323 e. The molecule has 3 N–H and O–H groups in total. The molecular weight excluding hydrogens is 468 g/mol. The molecule has 1 fully saturated rings. The van der Waals surface area contributed by atoms with Crippen molar-refractivity contribution >= 4 is 45.7 Å².